The molecule has 7 heteroatoms. The van der Waals surface area contributed by atoms with E-state index in [2.05, 4.69) is 5.32 Å². The Morgan fingerprint density at radius 1 is 1.14 bits per heavy atom. The molecule has 1 rings (SSSR count). The molecule has 116 valence electrons. The molecule has 0 aliphatic rings. The van der Waals surface area contributed by atoms with Crippen LogP contribution in [0.4, 0.5) is 0 Å². The van der Waals surface area contributed by atoms with Gasteiger partial charge in [0, 0.05) is 0 Å². The van der Waals surface area contributed by atoms with Gasteiger partial charge in [-0.1, -0.05) is 0 Å². The smallest absolute Gasteiger partial charge is 0.325 e. The second-order valence-corrected chi connectivity index (χ2v) is 4.34. The minimum absolute atomic E-state index is 0.00827. The number of ether oxygens (including phenoxy) is 3. The highest BCUT2D eigenvalue weighted by Gasteiger charge is 2.17. The van der Waals surface area contributed by atoms with E-state index in [0.717, 1.165) is 0 Å². The van der Waals surface area contributed by atoms with Crippen LogP contribution in [0.5, 0.6) is 17.2 Å². The van der Waals surface area contributed by atoms with Crippen molar-refractivity contribution in [2.75, 3.05) is 21.3 Å². The van der Waals surface area contributed by atoms with Crippen molar-refractivity contribution in [2.24, 2.45) is 0 Å². The van der Waals surface area contributed by atoms with Crippen LogP contribution in [0.15, 0.2) is 12.1 Å². The van der Waals surface area contributed by atoms with Gasteiger partial charge in [0.1, 0.15) is 6.04 Å². The highest BCUT2D eigenvalue weighted by atomic mass is 16.5. The Balaban J connectivity index is 2.93. The van der Waals surface area contributed by atoms with Crippen LogP contribution in [0, 0.1) is 0 Å². The van der Waals surface area contributed by atoms with Gasteiger partial charge in [0.25, 0.3) is 0 Å². The zero-order chi connectivity index (χ0) is 16.0. The van der Waals surface area contributed by atoms with Gasteiger partial charge < -0.3 is 24.6 Å². The standard InChI is InChI=1S/C14H19NO6/c1-8(14(17)18)15-12(16)7-9-5-10(19-2)13(21-4)11(6-9)20-3/h5-6,8H,7H2,1-4H3,(H,15,16)(H,17,18)/t8-/m0/s1. The van der Waals surface area contributed by atoms with Crippen molar-refractivity contribution < 1.29 is 28.9 Å². The Morgan fingerprint density at radius 2 is 1.67 bits per heavy atom. The number of rotatable bonds is 7. The van der Waals surface area contributed by atoms with Crippen LogP contribution in [0.2, 0.25) is 0 Å². The number of hydrogen-bond donors (Lipinski definition) is 2. The number of aliphatic carboxylic acids is 1. The molecule has 1 atom stereocenters. The van der Waals surface area contributed by atoms with Crippen LogP contribution in [-0.4, -0.2) is 44.4 Å². The maximum absolute atomic E-state index is 11.8. The third-order valence-electron chi connectivity index (χ3n) is 2.84. The van der Waals surface area contributed by atoms with Crippen molar-refractivity contribution in [1.82, 2.24) is 5.32 Å². The molecule has 0 heterocycles. The van der Waals surface area contributed by atoms with E-state index >= 15 is 0 Å². The number of carboxylic acids is 1. The largest absolute Gasteiger partial charge is 0.493 e. The van der Waals surface area contributed by atoms with Gasteiger partial charge in [-0.3, -0.25) is 9.59 Å². The zero-order valence-corrected chi connectivity index (χ0v) is 12.4. The summed E-state index contributed by atoms with van der Waals surface area (Å²) in [5.74, 6) is -0.188. The minimum Gasteiger partial charge on any atom is -0.493 e. The van der Waals surface area contributed by atoms with Crippen molar-refractivity contribution in [3.8, 4) is 17.2 Å². The summed E-state index contributed by atoms with van der Waals surface area (Å²) in [7, 11) is 4.45. The Kier molecular flexibility index (Phi) is 5.83. The highest BCUT2D eigenvalue weighted by Crippen LogP contribution is 2.38. The third kappa shape index (κ3) is 4.27. The normalized spacial score (nSPS) is 11.4. The first-order chi connectivity index (χ1) is 9.92. The number of amides is 1. The Labute approximate surface area is 122 Å². The molecule has 0 fully saturated rings. The van der Waals surface area contributed by atoms with Crippen molar-refractivity contribution in [1.29, 1.82) is 0 Å². The van der Waals surface area contributed by atoms with Crippen molar-refractivity contribution in [2.45, 2.75) is 19.4 Å². The molecule has 7 nitrogen and oxygen atoms in total. The van der Waals surface area contributed by atoms with E-state index in [1.807, 2.05) is 0 Å². The van der Waals surface area contributed by atoms with E-state index in [9.17, 15) is 9.59 Å². The second-order valence-electron chi connectivity index (χ2n) is 4.34. The quantitative estimate of drug-likeness (QED) is 0.774. The number of carbonyl (C=O) groups excluding carboxylic acids is 1. The summed E-state index contributed by atoms with van der Waals surface area (Å²) < 4.78 is 15.6. The molecule has 0 aliphatic heterocycles. The predicted molar refractivity (Wildman–Crippen MR) is 75.0 cm³/mol. The third-order valence-corrected chi connectivity index (χ3v) is 2.84. The first kappa shape index (κ1) is 16.6. The number of methoxy groups -OCH3 is 3. The molecule has 2 N–H and O–H groups in total. The predicted octanol–water partition coefficient (Wildman–Crippen LogP) is 0.844. The van der Waals surface area contributed by atoms with E-state index in [1.54, 1.807) is 12.1 Å². The van der Waals surface area contributed by atoms with Gasteiger partial charge in [-0.2, -0.15) is 0 Å². The zero-order valence-electron chi connectivity index (χ0n) is 12.4. The first-order valence-corrected chi connectivity index (χ1v) is 6.24. The molecular weight excluding hydrogens is 278 g/mol. The fraction of sp³-hybridized carbons (Fsp3) is 0.429. The lowest BCUT2D eigenvalue weighted by Crippen LogP contribution is -2.39. The average molecular weight is 297 g/mol. The maximum atomic E-state index is 11.8. The lowest BCUT2D eigenvalue weighted by Gasteiger charge is -2.14. The fourth-order valence-corrected chi connectivity index (χ4v) is 1.78. The van der Waals surface area contributed by atoms with E-state index in [1.165, 1.54) is 28.3 Å². The summed E-state index contributed by atoms with van der Waals surface area (Å²) in [6, 6.07) is 2.35. The average Bonchev–Trinajstić information content (AvgIpc) is 2.45. The van der Waals surface area contributed by atoms with Crippen LogP contribution in [0.25, 0.3) is 0 Å². The lowest BCUT2D eigenvalue weighted by molar-refractivity contribution is -0.141. The number of hydrogen-bond acceptors (Lipinski definition) is 5. The summed E-state index contributed by atoms with van der Waals surface area (Å²) in [4.78, 5) is 22.5. The summed E-state index contributed by atoms with van der Waals surface area (Å²) >= 11 is 0. The Hall–Kier alpha value is -2.44. The minimum atomic E-state index is -1.09. The molecule has 0 unspecified atom stereocenters. The molecule has 0 saturated carbocycles. The molecule has 0 saturated heterocycles. The summed E-state index contributed by atoms with van der Waals surface area (Å²) in [6.07, 6.45) is 0.00827. The summed E-state index contributed by atoms with van der Waals surface area (Å²) in [5.41, 5.74) is 0.625. The van der Waals surface area contributed by atoms with Gasteiger partial charge in [0.15, 0.2) is 11.5 Å². The topological polar surface area (TPSA) is 94.1 Å². The van der Waals surface area contributed by atoms with Gasteiger partial charge >= 0.3 is 5.97 Å². The van der Waals surface area contributed by atoms with E-state index in [0.29, 0.717) is 22.8 Å². The molecule has 0 aliphatic carbocycles. The molecule has 1 amide bonds. The number of benzene rings is 1. The Bertz CT molecular complexity index is 503. The molecule has 21 heavy (non-hydrogen) atoms. The van der Waals surface area contributed by atoms with Crippen molar-refractivity contribution in [3.63, 3.8) is 0 Å². The van der Waals surface area contributed by atoms with E-state index < -0.39 is 17.9 Å². The molecule has 0 spiro atoms. The number of carbonyl (C=O) groups is 2. The SMILES string of the molecule is COc1cc(CC(=O)N[C@@H](C)C(=O)O)cc(OC)c1OC. The van der Waals surface area contributed by atoms with E-state index in [4.69, 9.17) is 19.3 Å². The molecule has 1 aromatic rings. The summed E-state index contributed by atoms with van der Waals surface area (Å²) in [6.45, 7) is 1.40. The number of carboxylic acid groups (broad SMARTS) is 1. The fourth-order valence-electron chi connectivity index (χ4n) is 1.78. The first-order valence-electron chi connectivity index (χ1n) is 6.24. The van der Waals surface area contributed by atoms with Gasteiger partial charge in [0.05, 0.1) is 27.8 Å². The van der Waals surface area contributed by atoms with Gasteiger partial charge in [-0.05, 0) is 24.6 Å². The van der Waals surface area contributed by atoms with Crippen LogP contribution in [-0.2, 0) is 16.0 Å². The van der Waals surface area contributed by atoms with Crippen LogP contribution in [0.1, 0.15) is 12.5 Å². The highest BCUT2D eigenvalue weighted by molar-refractivity contribution is 5.84. The molecular formula is C14H19NO6. The monoisotopic (exact) mass is 297 g/mol. The number of nitrogens with one attached hydrogen (secondary N) is 1. The molecule has 0 aromatic heterocycles. The van der Waals surface area contributed by atoms with Crippen LogP contribution >= 0.6 is 0 Å². The molecule has 0 bridgehead atoms. The van der Waals surface area contributed by atoms with Gasteiger partial charge in [-0.15, -0.1) is 0 Å². The van der Waals surface area contributed by atoms with Crippen LogP contribution in [0.3, 0.4) is 0 Å². The second kappa shape index (κ2) is 7.37. The Morgan fingerprint density at radius 3 is 2.05 bits per heavy atom. The van der Waals surface area contributed by atoms with Gasteiger partial charge in [-0.25, -0.2) is 0 Å². The maximum Gasteiger partial charge on any atom is 0.325 e. The van der Waals surface area contributed by atoms with Crippen molar-refractivity contribution in [3.05, 3.63) is 17.7 Å². The molecule has 0 radical (unpaired) electrons. The molecule has 1 aromatic carbocycles. The van der Waals surface area contributed by atoms with E-state index in [-0.39, 0.29) is 6.42 Å². The van der Waals surface area contributed by atoms with Gasteiger partial charge in [0.2, 0.25) is 11.7 Å². The van der Waals surface area contributed by atoms with Crippen LogP contribution < -0.4 is 19.5 Å². The summed E-state index contributed by atoms with van der Waals surface area (Å²) in [5, 5.41) is 11.1. The van der Waals surface area contributed by atoms with Crippen molar-refractivity contribution >= 4 is 11.9 Å². The lowest BCUT2D eigenvalue weighted by atomic mass is 10.1.